The second-order valence-electron chi connectivity index (χ2n) is 26.6. The van der Waals surface area contributed by atoms with E-state index in [2.05, 4.69) is 73.0 Å². The number of benzene rings is 5. The summed E-state index contributed by atoms with van der Waals surface area (Å²) in [5.74, 6) is 0.229. The van der Waals surface area contributed by atoms with Gasteiger partial charge >= 0.3 is 6.03 Å². The van der Waals surface area contributed by atoms with Crippen LogP contribution in [0.3, 0.4) is 0 Å². The molecule has 0 radical (unpaired) electrons. The quantitative estimate of drug-likeness (QED) is 0.0354. The maximum atomic E-state index is 15.1. The van der Waals surface area contributed by atoms with Crippen LogP contribution >= 0.6 is 23.2 Å². The lowest BCUT2D eigenvalue weighted by molar-refractivity contribution is -0.139. The molecule has 4 aliphatic heterocycles. The Labute approximate surface area is 616 Å². The summed E-state index contributed by atoms with van der Waals surface area (Å²) in [5.41, 5.74) is 9.87. The van der Waals surface area contributed by atoms with Gasteiger partial charge in [-0.3, -0.25) is 38.8 Å². The molecular weight excluding hydrogens is 1370 g/mol. The van der Waals surface area contributed by atoms with Gasteiger partial charge in [-0.15, -0.1) is 5.10 Å². The van der Waals surface area contributed by atoms with E-state index in [4.69, 9.17) is 56.6 Å². The number of ether oxygens (including phenoxy) is 6. The summed E-state index contributed by atoms with van der Waals surface area (Å²) >= 11 is 12.7. The maximum Gasteiger partial charge on any atom is 0.326 e. The zero-order valence-electron chi connectivity index (χ0n) is 60.2. The van der Waals surface area contributed by atoms with Gasteiger partial charge in [-0.05, 0) is 148 Å². The van der Waals surface area contributed by atoms with E-state index in [0.29, 0.717) is 123 Å². The summed E-state index contributed by atoms with van der Waals surface area (Å²) in [4.78, 5) is 102. The molecule has 3 N–H and O–H groups in total. The number of aromatic amines is 1. The van der Waals surface area contributed by atoms with Crippen LogP contribution in [-0.2, 0) is 48.2 Å². The Balaban J connectivity index is 0.571. The van der Waals surface area contributed by atoms with Crippen LogP contribution in [-0.4, -0.2) is 218 Å². The molecule has 2 unspecified atom stereocenters. The van der Waals surface area contributed by atoms with Gasteiger partial charge in [0.2, 0.25) is 11.8 Å². The van der Waals surface area contributed by atoms with Crippen molar-refractivity contribution in [2.24, 2.45) is 4.99 Å². The number of amidine groups is 1. The third-order valence-corrected chi connectivity index (χ3v) is 19.6. The first-order valence-corrected chi connectivity index (χ1v) is 36.4. The molecular formula is C77H93Cl2N13O12. The predicted octanol–water partition coefficient (Wildman–Crippen LogP) is 9.23. The van der Waals surface area contributed by atoms with Crippen molar-refractivity contribution < 1.29 is 52.4 Å². The van der Waals surface area contributed by atoms with Gasteiger partial charge in [0.15, 0.2) is 5.69 Å². The molecule has 552 valence electrons. The number of methoxy groups -OCH3 is 1. The molecule has 104 heavy (non-hydrogen) atoms. The van der Waals surface area contributed by atoms with Gasteiger partial charge in [0.25, 0.3) is 17.4 Å². The fourth-order valence-corrected chi connectivity index (χ4v) is 13.9. The number of aryl methyl sites for hydroxylation is 2. The number of pyridine rings is 1. The summed E-state index contributed by atoms with van der Waals surface area (Å²) in [6.07, 6.45) is 3.23. The van der Waals surface area contributed by atoms with E-state index in [1.54, 1.807) is 59.3 Å². The van der Waals surface area contributed by atoms with Gasteiger partial charge in [-0.25, -0.2) is 9.48 Å². The highest BCUT2D eigenvalue weighted by molar-refractivity contribution is 6.30. The van der Waals surface area contributed by atoms with Crippen LogP contribution in [0.15, 0.2) is 125 Å². The molecule has 5 aromatic carbocycles. The minimum Gasteiger partial charge on any atom is -0.497 e. The average Bonchev–Trinajstić information content (AvgIpc) is 1.44. The number of aliphatic imine (C=N–C) groups is 1. The number of urea groups is 1. The Hall–Kier alpha value is -9.21. The highest BCUT2D eigenvalue weighted by Gasteiger charge is 2.46. The molecule has 0 aliphatic carbocycles. The van der Waals surface area contributed by atoms with E-state index < -0.39 is 18.1 Å². The third kappa shape index (κ3) is 19.2. The van der Waals surface area contributed by atoms with E-state index >= 15 is 4.79 Å². The van der Waals surface area contributed by atoms with Crippen LogP contribution in [0.5, 0.6) is 11.5 Å². The van der Waals surface area contributed by atoms with Gasteiger partial charge in [-0.2, -0.15) is 0 Å². The number of nitrogens with one attached hydrogen (secondary N) is 3. The molecule has 25 nitrogen and oxygen atoms in total. The first-order valence-electron chi connectivity index (χ1n) is 35.6. The number of piperazine rings is 2. The predicted molar refractivity (Wildman–Crippen MR) is 397 cm³/mol. The molecule has 0 spiro atoms. The molecule has 3 saturated heterocycles. The van der Waals surface area contributed by atoms with Crippen LogP contribution in [0.4, 0.5) is 10.5 Å². The van der Waals surface area contributed by atoms with Crippen LogP contribution in [0.2, 0.25) is 10.0 Å². The van der Waals surface area contributed by atoms with Crippen molar-refractivity contribution in [3.63, 3.8) is 0 Å². The van der Waals surface area contributed by atoms with Crippen molar-refractivity contribution >= 4 is 64.4 Å². The van der Waals surface area contributed by atoms with Gasteiger partial charge in [0.05, 0.1) is 83.7 Å². The van der Waals surface area contributed by atoms with Crippen molar-refractivity contribution in [1.82, 2.24) is 55.1 Å². The van der Waals surface area contributed by atoms with E-state index in [1.165, 1.54) is 9.80 Å². The number of carbonyl (C=O) groups excluding carboxylic acids is 5. The molecule has 11 rings (SSSR count). The fraction of sp³-hybridized carbons (Fsp3) is 0.442. The minimum atomic E-state index is -0.666. The molecule has 2 atom stereocenters. The van der Waals surface area contributed by atoms with Gasteiger partial charge in [0, 0.05) is 123 Å². The Bertz CT molecular complexity index is 4220. The molecule has 7 aromatic rings. The smallest absolute Gasteiger partial charge is 0.326 e. The largest absolute Gasteiger partial charge is 0.497 e. The van der Waals surface area contributed by atoms with Crippen molar-refractivity contribution in [3.8, 4) is 22.6 Å². The van der Waals surface area contributed by atoms with Crippen LogP contribution in [0.25, 0.3) is 11.1 Å². The summed E-state index contributed by atoms with van der Waals surface area (Å²) in [7, 11) is 1.57. The number of anilines is 1. The standard InChI is InChI=1S/C77H93Cl2N13O12/c1-8-91(61-23-33-100-34-24-61)67-43-58(42-64(53(67)6)74(95)81-45-65-51(4)41-52(5)82-75(65)96)55-11-9-54(10-12-55)46-86-26-28-87(29-27-86)76(97)66-47-90(85-84-66)32-36-102-38-40-103-39-37-101-35-25-80-69(93)48-88-30-31-89(49-70(88)94)77(98)92-72(57-15-19-60(79)20-16-57)71(56-13-17-59(78)18-14-56)83-73(92)63-22-21-62(99-7)44-68(63)104-50(2)3/h9-22,41-44,47,50,61,71-72H,8,23-40,45-46,48-49H2,1-7H3,(H,80,93)(H,81,95)(H,82,96). The fourth-order valence-electron chi connectivity index (χ4n) is 13.6. The van der Waals surface area contributed by atoms with Crippen LogP contribution < -0.4 is 30.6 Å². The summed E-state index contributed by atoms with van der Waals surface area (Å²) < 4.78 is 36.3. The molecule has 4 aliphatic rings. The normalized spacial score (nSPS) is 16.6. The number of aromatic nitrogens is 4. The molecule has 27 heteroatoms. The molecule has 6 amide bonds. The Kier molecular flexibility index (Phi) is 26.3. The number of nitrogens with zero attached hydrogens (tertiary/aromatic N) is 10. The first-order chi connectivity index (χ1) is 50.3. The monoisotopic (exact) mass is 1460 g/mol. The van der Waals surface area contributed by atoms with Crippen molar-refractivity contribution in [3.05, 3.63) is 192 Å². The summed E-state index contributed by atoms with van der Waals surface area (Å²) in [5, 5.41) is 15.3. The summed E-state index contributed by atoms with van der Waals surface area (Å²) in [6.45, 7) is 19.4. The number of hydrogen-bond donors (Lipinski definition) is 3. The number of rotatable bonds is 30. The number of hydrogen-bond acceptors (Lipinski definition) is 17. The second kappa shape index (κ2) is 36.0. The Morgan fingerprint density at radius 3 is 2.09 bits per heavy atom. The van der Waals surface area contributed by atoms with Crippen molar-refractivity contribution in [2.75, 3.05) is 130 Å². The second-order valence-corrected chi connectivity index (χ2v) is 27.5. The maximum absolute atomic E-state index is 15.1. The average molecular weight is 1460 g/mol. The number of amides is 6. The lowest BCUT2D eigenvalue weighted by Gasteiger charge is -2.38. The van der Waals surface area contributed by atoms with Gasteiger partial charge < -0.3 is 63.6 Å². The Morgan fingerprint density at radius 1 is 0.750 bits per heavy atom. The highest BCUT2D eigenvalue weighted by atomic mass is 35.5. The lowest BCUT2D eigenvalue weighted by atomic mass is 9.93. The lowest BCUT2D eigenvalue weighted by Crippen LogP contribution is -2.57. The number of halogens is 2. The molecule has 6 heterocycles. The zero-order chi connectivity index (χ0) is 73.4. The van der Waals surface area contributed by atoms with E-state index in [-0.39, 0.29) is 99.5 Å². The van der Waals surface area contributed by atoms with Crippen molar-refractivity contribution in [2.45, 2.75) is 98.2 Å². The first kappa shape index (κ1) is 75.9. The highest BCUT2D eigenvalue weighted by Crippen LogP contribution is 2.46. The van der Waals surface area contributed by atoms with E-state index in [9.17, 15) is 24.0 Å². The molecule has 0 bridgehead atoms. The zero-order valence-corrected chi connectivity index (χ0v) is 61.7. The number of carbonyl (C=O) groups is 5. The van der Waals surface area contributed by atoms with Crippen molar-refractivity contribution in [1.29, 1.82) is 0 Å². The third-order valence-electron chi connectivity index (χ3n) is 19.1. The molecule has 3 fully saturated rings. The van der Waals surface area contributed by atoms with Gasteiger partial charge in [-0.1, -0.05) is 76.9 Å². The topological polar surface area (TPSA) is 260 Å². The molecule has 0 saturated carbocycles. The minimum absolute atomic E-state index is 0.113. The summed E-state index contributed by atoms with van der Waals surface area (Å²) in [6, 6.07) is 33.1. The van der Waals surface area contributed by atoms with Crippen LogP contribution in [0.1, 0.15) is 111 Å². The Morgan fingerprint density at radius 2 is 1.42 bits per heavy atom. The SMILES string of the molecule is CCN(c1cc(-c2ccc(CN3CCN(C(=O)c4cn(CCOCCOCCOCCNC(=O)CN5CCN(C(=O)N6C(c7ccc(OC)cc7OC(C)C)=NC(c7ccc(Cl)cc7)C6c6ccc(Cl)cc6)CC5=O)nn4)CC3)cc2)cc(C(=O)NCc2c(C)cc(C)[nH]c2=O)c1C)C1CCOCC1. The van der Waals surface area contributed by atoms with E-state index in [0.717, 1.165) is 69.7 Å². The van der Waals surface area contributed by atoms with Gasteiger partial charge in [0.1, 0.15) is 29.9 Å². The number of H-pyrrole nitrogens is 1. The molecule has 2 aromatic heterocycles. The van der Waals surface area contributed by atoms with Crippen LogP contribution in [0, 0.1) is 20.8 Å². The van der Waals surface area contributed by atoms with E-state index in [1.807, 2.05) is 82.0 Å².